The summed E-state index contributed by atoms with van der Waals surface area (Å²) in [6.07, 6.45) is 0.286. The molecule has 1 N–H and O–H groups in total. The highest BCUT2D eigenvalue weighted by molar-refractivity contribution is 6.31. The number of rotatable bonds is 4. The molecular formula is C15H19ClN2O3. The average Bonchev–Trinajstić information content (AvgIpc) is 2.49. The van der Waals surface area contributed by atoms with Crippen molar-refractivity contribution in [3.05, 3.63) is 34.9 Å². The Morgan fingerprint density at radius 3 is 2.43 bits per heavy atom. The number of hydrogen-bond acceptors (Lipinski definition) is 3. The first-order chi connectivity index (χ1) is 9.99. The van der Waals surface area contributed by atoms with Gasteiger partial charge in [0.05, 0.1) is 6.42 Å². The molecule has 1 aliphatic heterocycles. The Hall–Kier alpha value is -1.59. The molecule has 1 amide bonds. The van der Waals surface area contributed by atoms with Crippen LogP contribution in [0.5, 0.6) is 0 Å². The molecule has 2 rings (SSSR count). The van der Waals surface area contributed by atoms with E-state index in [0.717, 1.165) is 5.56 Å². The van der Waals surface area contributed by atoms with E-state index in [0.29, 0.717) is 31.2 Å². The molecule has 6 heteroatoms. The summed E-state index contributed by atoms with van der Waals surface area (Å²) in [6.45, 7) is 3.95. The summed E-state index contributed by atoms with van der Waals surface area (Å²) in [5.41, 5.74) is 0.825. The van der Waals surface area contributed by atoms with Crippen molar-refractivity contribution in [2.24, 2.45) is 0 Å². The van der Waals surface area contributed by atoms with E-state index >= 15 is 0 Å². The minimum absolute atomic E-state index is 0.0331. The topological polar surface area (TPSA) is 60.9 Å². The van der Waals surface area contributed by atoms with Crippen LogP contribution in [0, 0.1) is 0 Å². The number of benzene rings is 1. The normalized spacial score (nSPS) is 17.5. The molecule has 1 aliphatic rings. The lowest BCUT2D eigenvalue weighted by atomic mass is 10.1. The maximum atomic E-state index is 12.3. The fourth-order valence-corrected chi connectivity index (χ4v) is 2.63. The van der Waals surface area contributed by atoms with Crippen LogP contribution in [-0.4, -0.2) is 59.0 Å². The Labute approximate surface area is 129 Å². The van der Waals surface area contributed by atoms with Gasteiger partial charge in [-0.3, -0.25) is 14.5 Å². The molecule has 1 aromatic rings. The highest BCUT2D eigenvalue weighted by Gasteiger charge is 2.27. The van der Waals surface area contributed by atoms with Gasteiger partial charge in [-0.15, -0.1) is 0 Å². The van der Waals surface area contributed by atoms with Crippen molar-refractivity contribution < 1.29 is 14.7 Å². The number of carboxylic acids is 1. The highest BCUT2D eigenvalue weighted by atomic mass is 35.5. The molecule has 1 aromatic carbocycles. The third-order valence-electron chi connectivity index (χ3n) is 3.87. The summed E-state index contributed by atoms with van der Waals surface area (Å²) in [5, 5.41) is 9.60. The van der Waals surface area contributed by atoms with Crippen LogP contribution in [0.2, 0.25) is 5.02 Å². The second kappa shape index (κ2) is 6.91. The molecule has 0 unspecified atom stereocenters. The summed E-state index contributed by atoms with van der Waals surface area (Å²) in [4.78, 5) is 26.9. The van der Waals surface area contributed by atoms with Gasteiger partial charge in [-0.2, -0.15) is 0 Å². The third kappa shape index (κ3) is 3.95. The Bertz CT molecular complexity index is 527. The zero-order valence-corrected chi connectivity index (χ0v) is 12.7. The summed E-state index contributed by atoms with van der Waals surface area (Å²) in [7, 11) is 0. The Morgan fingerprint density at radius 2 is 1.86 bits per heavy atom. The fourth-order valence-electron chi connectivity index (χ4n) is 2.43. The third-order valence-corrected chi connectivity index (χ3v) is 4.24. The number of amides is 1. The van der Waals surface area contributed by atoms with Crippen molar-refractivity contribution in [2.45, 2.75) is 19.4 Å². The number of piperazine rings is 1. The first-order valence-corrected chi connectivity index (χ1v) is 7.35. The second-order valence-electron chi connectivity index (χ2n) is 5.20. The minimum Gasteiger partial charge on any atom is -0.480 e. The summed E-state index contributed by atoms with van der Waals surface area (Å²) >= 11 is 6.06. The second-order valence-corrected chi connectivity index (χ2v) is 5.61. The first-order valence-electron chi connectivity index (χ1n) is 6.97. The smallest absolute Gasteiger partial charge is 0.320 e. The fraction of sp³-hybridized carbons (Fsp3) is 0.467. The summed E-state index contributed by atoms with van der Waals surface area (Å²) in [6, 6.07) is 6.81. The standard InChI is InChI=1S/C15H19ClN2O3/c1-11(15(20)21)17-6-8-18(9-7-17)14(19)10-12-4-2-3-5-13(12)16/h2-5,11H,6-10H2,1H3,(H,20,21)/t11-/m0/s1. The Kier molecular flexibility index (Phi) is 5.20. The lowest BCUT2D eigenvalue weighted by Gasteiger charge is -2.36. The number of halogens is 1. The number of carbonyl (C=O) groups is 2. The first kappa shape index (κ1) is 15.8. The molecule has 114 valence electrons. The Balaban J connectivity index is 1.89. The van der Waals surface area contributed by atoms with Crippen LogP contribution in [0.15, 0.2) is 24.3 Å². The van der Waals surface area contributed by atoms with Gasteiger partial charge in [-0.25, -0.2) is 0 Å². The van der Waals surface area contributed by atoms with Crippen molar-refractivity contribution in [1.82, 2.24) is 9.80 Å². The molecule has 1 atom stereocenters. The van der Waals surface area contributed by atoms with Crippen molar-refractivity contribution >= 4 is 23.5 Å². The van der Waals surface area contributed by atoms with Gasteiger partial charge in [0, 0.05) is 31.2 Å². The molecule has 1 heterocycles. The molecule has 1 saturated heterocycles. The zero-order valence-electron chi connectivity index (χ0n) is 12.0. The predicted molar refractivity (Wildman–Crippen MR) is 80.4 cm³/mol. The number of aliphatic carboxylic acids is 1. The number of nitrogens with zero attached hydrogens (tertiary/aromatic N) is 2. The van der Waals surface area contributed by atoms with Crippen molar-refractivity contribution in [3.63, 3.8) is 0 Å². The SMILES string of the molecule is C[C@@H](C(=O)O)N1CCN(C(=O)Cc2ccccc2Cl)CC1. The van der Waals surface area contributed by atoms with E-state index in [1.165, 1.54) is 0 Å². The van der Waals surface area contributed by atoms with Crippen molar-refractivity contribution in [1.29, 1.82) is 0 Å². The lowest BCUT2D eigenvalue weighted by Crippen LogP contribution is -2.53. The van der Waals surface area contributed by atoms with Crippen LogP contribution < -0.4 is 0 Å². The van der Waals surface area contributed by atoms with Gasteiger partial charge < -0.3 is 10.0 Å². The van der Waals surface area contributed by atoms with E-state index in [2.05, 4.69) is 0 Å². The minimum atomic E-state index is -0.828. The summed E-state index contributed by atoms with van der Waals surface area (Å²) in [5.74, 6) is -0.795. The van der Waals surface area contributed by atoms with Gasteiger partial charge in [0.1, 0.15) is 6.04 Å². The van der Waals surface area contributed by atoms with E-state index in [1.54, 1.807) is 17.9 Å². The van der Waals surface area contributed by atoms with E-state index in [-0.39, 0.29) is 12.3 Å². The van der Waals surface area contributed by atoms with Crippen LogP contribution in [0.3, 0.4) is 0 Å². The maximum absolute atomic E-state index is 12.3. The molecule has 1 fully saturated rings. The quantitative estimate of drug-likeness (QED) is 0.915. The van der Waals surface area contributed by atoms with Crippen LogP contribution in [0.4, 0.5) is 0 Å². The predicted octanol–water partition coefficient (Wildman–Crippen LogP) is 1.50. The summed E-state index contributed by atoms with van der Waals surface area (Å²) < 4.78 is 0. The maximum Gasteiger partial charge on any atom is 0.320 e. The van der Waals surface area contributed by atoms with Gasteiger partial charge in [0.2, 0.25) is 5.91 Å². The van der Waals surface area contributed by atoms with Gasteiger partial charge in [-0.05, 0) is 18.6 Å². The van der Waals surface area contributed by atoms with E-state index in [1.807, 2.05) is 23.1 Å². The van der Waals surface area contributed by atoms with Crippen LogP contribution in [-0.2, 0) is 16.0 Å². The molecular weight excluding hydrogens is 292 g/mol. The lowest BCUT2D eigenvalue weighted by molar-refractivity contribution is -0.144. The molecule has 0 bridgehead atoms. The van der Waals surface area contributed by atoms with E-state index in [9.17, 15) is 9.59 Å². The number of carboxylic acid groups (broad SMARTS) is 1. The Morgan fingerprint density at radius 1 is 1.24 bits per heavy atom. The van der Waals surface area contributed by atoms with Gasteiger partial charge in [0.25, 0.3) is 0 Å². The molecule has 0 radical (unpaired) electrons. The van der Waals surface area contributed by atoms with Crippen LogP contribution in [0.25, 0.3) is 0 Å². The molecule has 0 spiro atoms. The van der Waals surface area contributed by atoms with Gasteiger partial charge in [-0.1, -0.05) is 29.8 Å². The molecule has 0 aliphatic carbocycles. The van der Waals surface area contributed by atoms with Crippen molar-refractivity contribution in [2.75, 3.05) is 26.2 Å². The molecule has 0 aromatic heterocycles. The zero-order chi connectivity index (χ0) is 15.4. The largest absolute Gasteiger partial charge is 0.480 e. The molecule has 0 saturated carbocycles. The number of hydrogen-bond donors (Lipinski definition) is 1. The van der Waals surface area contributed by atoms with Gasteiger partial charge in [0.15, 0.2) is 0 Å². The van der Waals surface area contributed by atoms with Crippen LogP contribution in [0.1, 0.15) is 12.5 Å². The van der Waals surface area contributed by atoms with Crippen molar-refractivity contribution in [3.8, 4) is 0 Å². The number of carbonyl (C=O) groups excluding carboxylic acids is 1. The average molecular weight is 311 g/mol. The van der Waals surface area contributed by atoms with E-state index < -0.39 is 12.0 Å². The molecule has 5 nitrogen and oxygen atoms in total. The molecule has 21 heavy (non-hydrogen) atoms. The monoisotopic (exact) mass is 310 g/mol. The van der Waals surface area contributed by atoms with E-state index in [4.69, 9.17) is 16.7 Å². The highest BCUT2D eigenvalue weighted by Crippen LogP contribution is 2.17. The van der Waals surface area contributed by atoms with Gasteiger partial charge >= 0.3 is 5.97 Å². The van der Waals surface area contributed by atoms with Crippen LogP contribution >= 0.6 is 11.6 Å².